The Labute approximate surface area is 129 Å². The average Bonchev–Trinajstić information content (AvgIpc) is 3.16. The van der Waals surface area contributed by atoms with Crippen molar-refractivity contribution in [1.29, 1.82) is 0 Å². The third-order valence-corrected chi connectivity index (χ3v) is 5.19. The van der Waals surface area contributed by atoms with Crippen LogP contribution in [0, 0.1) is 19.3 Å². The molecule has 0 atom stereocenters. The van der Waals surface area contributed by atoms with E-state index in [1.165, 1.54) is 6.07 Å². The molecule has 1 heterocycles. The zero-order chi connectivity index (χ0) is 15.5. The van der Waals surface area contributed by atoms with Crippen molar-refractivity contribution < 1.29 is 8.42 Å². The molecular weight excluding hydrogens is 310 g/mol. The Morgan fingerprint density at radius 2 is 2.10 bits per heavy atom. The van der Waals surface area contributed by atoms with Crippen molar-refractivity contribution in [3.05, 3.63) is 28.8 Å². The Bertz CT molecular complexity index is 701. The SMILES string of the molecule is C#CCCC1(CCNS(=O)(=O)c2ccc(C)cc2Cl)N=N1. The summed E-state index contributed by atoms with van der Waals surface area (Å²) in [6, 6.07) is 4.83. The minimum Gasteiger partial charge on any atom is -0.211 e. The van der Waals surface area contributed by atoms with Crippen molar-refractivity contribution in [2.24, 2.45) is 10.2 Å². The van der Waals surface area contributed by atoms with Crippen molar-refractivity contribution in [2.45, 2.75) is 36.7 Å². The first-order valence-electron chi connectivity index (χ1n) is 6.52. The van der Waals surface area contributed by atoms with Crippen LogP contribution in [0.2, 0.25) is 5.02 Å². The van der Waals surface area contributed by atoms with E-state index in [1.807, 2.05) is 6.92 Å². The Balaban J connectivity index is 1.95. The molecule has 112 valence electrons. The lowest BCUT2D eigenvalue weighted by Gasteiger charge is -2.11. The second-order valence-corrected chi connectivity index (χ2v) is 7.11. The van der Waals surface area contributed by atoms with Crippen LogP contribution in [-0.4, -0.2) is 20.6 Å². The molecule has 0 aliphatic carbocycles. The second kappa shape index (κ2) is 6.14. The number of benzene rings is 1. The van der Waals surface area contributed by atoms with E-state index in [4.69, 9.17) is 18.0 Å². The maximum absolute atomic E-state index is 12.2. The summed E-state index contributed by atoms with van der Waals surface area (Å²) in [5.41, 5.74) is 0.411. The summed E-state index contributed by atoms with van der Waals surface area (Å²) in [5.74, 6) is 2.53. The summed E-state index contributed by atoms with van der Waals surface area (Å²) in [7, 11) is -3.63. The molecule has 1 aliphatic rings. The number of nitrogens with zero attached hydrogens (tertiary/aromatic N) is 2. The molecule has 0 amide bonds. The van der Waals surface area contributed by atoms with Crippen LogP contribution in [0.1, 0.15) is 24.8 Å². The van der Waals surface area contributed by atoms with Crippen LogP contribution in [0.3, 0.4) is 0 Å². The molecular formula is C14H16ClN3O2S. The van der Waals surface area contributed by atoms with Crippen LogP contribution in [0.15, 0.2) is 33.3 Å². The van der Waals surface area contributed by atoms with Gasteiger partial charge in [-0.3, -0.25) is 0 Å². The van der Waals surface area contributed by atoms with E-state index in [-0.39, 0.29) is 16.5 Å². The van der Waals surface area contributed by atoms with E-state index < -0.39 is 15.7 Å². The number of hydrogen-bond acceptors (Lipinski definition) is 4. The van der Waals surface area contributed by atoms with Gasteiger partial charge in [-0.15, -0.1) is 12.3 Å². The molecule has 1 N–H and O–H groups in total. The number of halogens is 1. The quantitative estimate of drug-likeness (QED) is 0.783. The summed E-state index contributed by atoms with van der Waals surface area (Å²) in [6.07, 6.45) is 6.93. The minimum absolute atomic E-state index is 0.0807. The van der Waals surface area contributed by atoms with Gasteiger partial charge in [-0.1, -0.05) is 17.7 Å². The number of terminal acetylenes is 1. The highest BCUT2D eigenvalue weighted by Gasteiger charge is 2.38. The zero-order valence-electron chi connectivity index (χ0n) is 11.6. The highest BCUT2D eigenvalue weighted by atomic mass is 35.5. The molecule has 1 aromatic carbocycles. The normalized spacial score (nSPS) is 15.7. The van der Waals surface area contributed by atoms with E-state index >= 15 is 0 Å². The molecule has 0 bridgehead atoms. The van der Waals surface area contributed by atoms with Crippen LogP contribution >= 0.6 is 11.6 Å². The summed E-state index contributed by atoms with van der Waals surface area (Å²) in [4.78, 5) is 0.0807. The summed E-state index contributed by atoms with van der Waals surface area (Å²) in [6.45, 7) is 2.09. The lowest BCUT2D eigenvalue weighted by atomic mass is 10.1. The molecule has 0 radical (unpaired) electrons. The van der Waals surface area contributed by atoms with Gasteiger partial charge in [0.05, 0.1) is 5.02 Å². The van der Waals surface area contributed by atoms with E-state index in [2.05, 4.69) is 20.9 Å². The highest BCUT2D eigenvalue weighted by Crippen LogP contribution is 2.36. The zero-order valence-corrected chi connectivity index (χ0v) is 13.2. The number of rotatable bonds is 7. The summed E-state index contributed by atoms with van der Waals surface area (Å²) < 4.78 is 26.9. The standard InChI is InChI=1S/C14H16ClN3O2S/c1-3-4-7-14(17-18-14)8-9-16-21(19,20)13-6-5-11(2)10-12(13)15/h1,5-6,10,16H,4,7-9H2,2H3. The molecule has 0 spiro atoms. The molecule has 1 aliphatic heterocycles. The molecule has 1 aromatic rings. The van der Waals surface area contributed by atoms with Gasteiger partial charge in [0.2, 0.25) is 10.0 Å². The Kier molecular flexibility index (Phi) is 4.67. The van der Waals surface area contributed by atoms with Crippen molar-refractivity contribution in [1.82, 2.24) is 4.72 Å². The largest absolute Gasteiger partial charge is 0.242 e. The van der Waals surface area contributed by atoms with Crippen molar-refractivity contribution in [3.8, 4) is 12.3 Å². The lowest BCUT2D eigenvalue weighted by molar-refractivity contribution is 0.505. The monoisotopic (exact) mass is 325 g/mol. The first kappa shape index (κ1) is 16.0. The third kappa shape index (κ3) is 4.03. The van der Waals surface area contributed by atoms with E-state index in [1.54, 1.807) is 12.1 Å². The first-order chi connectivity index (χ1) is 9.88. The van der Waals surface area contributed by atoms with Crippen LogP contribution in [0.4, 0.5) is 0 Å². The van der Waals surface area contributed by atoms with E-state index in [9.17, 15) is 8.42 Å². The third-order valence-electron chi connectivity index (χ3n) is 3.25. The first-order valence-corrected chi connectivity index (χ1v) is 8.38. The summed E-state index contributed by atoms with van der Waals surface area (Å²) in [5, 5.41) is 8.14. The van der Waals surface area contributed by atoms with Crippen LogP contribution < -0.4 is 4.72 Å². The van der Waals surface area contributed by atoms with Gasteiger partial charge in [0.15, 0.2) is 5.66 Å². The number of sulfonamides is 1. The van der Waals surface area contributed by atoms with Crippen LogP contribution in [0.25, 0.3) is 0 Å². The van der Waals surface area contributed by atoms with Gasteiger partial charge in [-0.2, -0.15) is 10.2 Å². The molecule has 5 nitrogen and oxygen atoms in total. The highest BCUT2D eigenvalue weighted by molar-refractivity contribution is 7.89. The Morgan fingerprint density at radius 1 is 1.38 bits per heavy atom. The second-order valence-electron chi connectivity index (χ2n) is 4.97. The topological polar surface area (TPSA) is 70.9 Å². The Morgan fingerprint density at radius 3 is 2.67 bits per heavy atom. The predicted octanol–water partition coefficient (Wildman–Crippen LogP) is 2.89. The molecule has 0 aromatic heterocycles. The van der Waals surface area contributed by atoms with Crippen molar-refractivity contribution in [3.63, 3.8) is 0 Å². The molecule has 7 heteroatoms. The fourth-order valence-electron chi connectivity index (χ4n) is 1.96. The Hall–Kier alpha value is -1.42. The fourth-order valence-corrected chi connectivity index (χ4v) is 3.58. The number of nitrogens with one attached hydrogen (secondary N) is 1. The number of hydrogen-bond donors (Lipinski definition) is 1. The maximum atomic E-state index is 12.2. The molecule has 0 fully saturated rings. The molecule has 0 saturated carbocycles. The smallest absolute Gasteiger partial charge is 0.211 e. The maximum Gasteiger partial charge on any atom is 0.242 e. The van der Waals surface area contributed by atoms with Gasteiger partial charge in [0.25, 0.3) is 0 Å². The number of aryl methyl sites for hydroxylation is 1. The summed E-state index contributed by atoms with van der Waals surface area (Å²) >= 11 is 5.99. The van der Waals surface area contributed by atoms with Crippen molar-refractivity contribution in [2.75, 3.05) is 6.54 Å². The van der Waals surface area contributed by atoms with Crippen LogP contribution in [-0.2, 0) is 10.0 Å². The van der Waals surface area contributed by atoms with E-state index in [0.717, 1.165) is 5.56 Å². The minimum atomic E-state index is -3.63. The average molecular weight is 326 g/mol. The van der Waals surface area contributed by atoms with Gasteiger partial charge in [-0.25, -0.2) is 13.1 Å². The van der Waals surface area contributed by atoms with Gasteiger partial charge in [-0.05, 0) is 24.6 Å². The fraction of sp³-hybridized carbons (Fsp3) is 0.429. The van der Waals surface area contributed by atoms with Crippen molar-refractivity contribution >= 4 is 21.6 Å². The van der Waals surface area contributed by atoms with Crippen LogP contribution in [0.5, 0.6) is 0 Å². The molecule has 0 unspecified atom stereocenters. The van der Waals surface area contributed by atoms with Gasteiger partial charge < -0.3 is 0 Å². The van der Waals surface area contributed by atoms with Gasteiger partial charge in [0.1, 0.15) is 4.90 Å². The van der Waals surface area contributed by atoms with Gasteiger partial charge >= 0.3 is 0 Å². The van der Waals surface area contributed by atoms with Gasteiger partial charge in [0, 0.05) is 25.8 Å². The molecule has 21 heavy (non-hydrogen) atoms. The van der Waals surface area contributed by atoms with E-state index in [0.29, 0.717) is 19.3 Å². The lowest BCUT2D eigenvalue weighted by Crippen LogP contribution is -2.28. The predicted molar refractivity (Wildman–Crippen MR) is 81.6 cm³/mol. The molecule has 2 rings (SSSR count). The molecule has 0 saturated heterocycles.